The molecule has 0 saturated carbocycles. The first-order chi connectivity index (χ1) is 18.8. The van der Waals surface area contributed by atoms with Gasteiger partial charge in [0.1, 0.15) is 0 Å². The number of unbranched alkanes of at least 4 members (excludes halogenated alkanes) is 23. The Balaban J connectivity index is 0. The van der Waals surface area contributed by atoms with E-state index in [1.54, 1.807) is 0 Å². The van der Waals surface area contributed by atoms with Crippen LogP contribution >= 0.6 is 0 Å². The molecule has 0 N–H and O–H groups in total. The van der Waals surface area contributed by atoms with E-state index < -0.39 is 0 Å². The van der Waals surface area contributed by atoms with Crippen LogP contribution in [0.1, 0.15) is 194 Å². The molecule has 0 bridgehead atoms. The Kier molecular flexibility index (Phi) is 40.0. The molecular formula is C36H69NaO2. The van der Waals surface area contributed by atoms with Gasteiger partial charge in [-0.2, -0.15) is 0 Å². The normalized spacial score (nSPS) is 11.4. The molecule has 0 aromatic heterocycles. The first kappa shape index (κ1) is 41.1. The number of allylic oxidation sites excluding steroid dienone is 4. The van der Waals surface area contributed by atoms with Gasteiger partial charge in [-0.25, -0.2) is 0 Å². The molecule has 0 aromatic carbocycles. The van der Waals surface area contributed by atoms with Crippen molar-refractivity contribution in [1.29, 1.82) is 0 Å². The summed E-state index contributed by atoms with van der Waals surface area (Å²) in [5, 5.41) is 0. The van der Waals surface area contributed by atoms with Crippen LogP contribution in [0, 0.1) is 0 Å². The van der Waals surface area contributed by atoms with E-state index in [1.807, 2.05) is 0 Å². The summed E-state index contributed by atoms with van der Waals surface area (Å²) in [4.78, 5) is 11.9. The fourth-order valence-corrected chi connectivity index (χ4v) is 4.95. The fourth-order valence-electron chi connectivity index (χ4n) is 4.95. The Morgan fingerprint density at radius 2 is 0.744 bits per heavy atom. The van der Waals surface area contributed by atoms with E-state index in [9.17, 15) is 4.79 Å². The van der Waals surface area contributed by atoms with Gasteiger partial charge < -0.3 is 4.74 Å². The van der Waals surface area contributed by atoms with Crippen molar-refractivity contribution in [2.45, 2.75) is 194 Å². The molecular weight excluding hydrogens is 487 g/mol. The predicted octanol–water partition coefficient (Wildman–Crippen LogP) is 12.0. The molecule has 0 spiro atoms. The quantitative estimate of drug-likeness (QED) is 0.0367. The molecule has 0 amide bonds. The minimum atomic E-state index is 0. The molecule has 0 aliphatic rings. The van der Waals surface area contributed by atoms with Crippen LogP contribution in [0.4, 0.5) is 0 Å². The number of hydrogen-bond donors (Lipinski definition) is 0. The molecule has 0 fully saturated rings. The maximum atomic E-state index is 11.9. The van der Waals surface area contributed by atoms with Crippen LogP contribution in [-0.2, 0) is 9.53 Å². The number of carbonyl (C=O) groups is 1. The Hall–Kier alpha value is -0.0500. The standard InChI is InChI=1S/C36H68O2.Na.H/c1-3-5-7-9-11-13-15-17-19-21-23-25-27-29-31-33-35-38-36(37)34-32-30-28-26-24-22-20-18-16-14-12-10-8-6-4-2;;/h17-20H,3-16,21-35H2,1-2H3;;/b19-17-,20-18-;;. The van der Waals surface area contributed by atoms with Gasteiger partial charge in [-0.05, 0) is 64.2 Å². The number of carbonyl (C=O) groups excluding carboxylic acids is 1. The van der Waals surface area contributed by atoms with Crippen molar-refractivity contribution in [3.05, 3.63) is 24.3 Å². The monoisotopic (exact) mass is 557 g/mol. The molecule has 0 saturated heterocycles. The number of rotatable bonds is 31. The molecule has 0 aliphatic heterocycles. The molecule has 0 radical (unpaired) electrons. The second-order valence-electron chi connectivity index (χ2n) is 11.5. The van der Waals surface area contributed by atoms with Gasteiger partial charge in [0.15, 0.2) is 0 Å². The molecule has 0 rings (SSSR count). The third-order valence-electron chi connectivity index (χ3n) is 7.56. The Bertz CT molecular complexity index is 514. The van der Waals surface area contributed by atoms with Crippen LogP contribution in [0.5, 0.6) is 0 Å². The average molecular weight is 557 g/mol. The third kappa shape index (κ3) is 38.0. The van der Waals surface area contributed by atoms with Crippen molar-refractivity contribution in [1.82, 2.24) is 0 Å². The zero-order valence-corrected chi connectivity index (χ0v) is 26.1. The van der Waals surface area contributed by atoms with Crippen molar-refractivity contribution >= 4 is 35.5 Å². The first-order valence-corrected chi connectivity index (χ1v) is 17.3. The van der Waals surface area contributed by atoms with Crippen LogP contribution in [0.15, 0.2) is 24.3 Å². The summed E-state index contributed by atoms with van der Waals surface area (Å²) in [5.41, 5.74) is 0. The summed E-state index contributed by atoms with van der Waals surface area (Å²) in [5.74, 6) is 0.00961. The summed E-state index contributed by atoms with van der Waals surface area (Å²) < 4.78 is 5.42. The Labute approximate surface area is 268 Å². The second-order valence-corrected chi connectivity index (χ2v) is 11.5. The molecule has 39 heavy (non-hydrogen) atoms. The van der Waals surface area contributed by atoms with Crippen LogP contribution in [0.25, 0.3) is 0 Å². The van der Waals surface area contributed by atoms with Crippen LogP contribution in [-0.4, -0.2) is 42.1 Å². The molecule has 2 nitrogen and oxygen atoms in total. The van der Waals surface area contributed by atoms with Gasteiger partial charge >= 0.3 is 35.5 Å². The summed E-state index contributed by atoms with van der Waals surface area (Å²) in [7, 11) is 0. The van der Waals surface area contributed by atoms with Crippen molar-refractivity contribution < 1.29 is 9.53 Å². The van der Waals surface area contributed by atoms with Crippen LogP contribution in [0.2, 0.25) is 0 Å². The van der Waals surface area contributed by atoms with Gasteiger partial charge in [0.05, 0.1) is 6.61 Å². The third-order valence-corrected chi connectivity index (χ3v) is 7.56. The van der Waals surface area contributed by atoms with Crippen LogP contribution < -0.4 is 0 Å². The minimum absolute atomic E-state index is 0. The van der Waals surface area contributed by atoms with Crippen molar-refractivity contribution in [2.24, 2.45) is 0 Å². The summed E-state index contributed by atoms with van der Waals surface area (Å²) in [6.07, 6.45) is 45.2. The zero-order valence-electron chi connectivity index (χ0n) is 26.1. The molecule has 0 unspecified atom stereocenters. The zero-order chi connectivity index (χ0) is 27.6. The number of ether oxygens (including phenoxy) is 1. The second kappa shape index (κ2) is 38.0. The van der Waals surface area contributed by atoms with E-state index in [4.69, 9.17) is 4.74 Å². The summed E-state index contributed by atoms with van der Waals surface area (Å²) in [6.45, 7) is 5.17. The number of hydrogen-bond acceptors (Lipinski definition) is 2. The Morgan fingerprint density at radius 1 is 0.436 bits per heavy atom. The van der Waals surface area contributed by atoms with E-state index >= 15 is 0 Å². The van der Waals surface area contributed by atoms with Gasteiger partial charge in [-0.15, -0.1) is 0 Å². The van der Waals surface area contributed by atoms with Gasteiger partial charge in [-0.1, -0.05) is 147 Å². The number of esters is 1. The molecule has 0 atom stereocenters. The fraction of sp³-hybridized carbons (Fsp3) is 0.861. The van der Waals surface area contributed by atoms with E-state index in [2.05, 4.69) is 38.2 Å². The van der Waals surface area contributed by atoms with Crippen LogP contribution in [0.3, 0.4) is 0 Å². The van der Waals surface area contributed by atoms with Gasteiger partial charge in [-0.3, -0.25) is 4.79 Å². The van der Waals surface area contributed by atoms with Crippen molar-refractivity contribution in [3.63, 3.8) is 0 Å². The van der Waals surface area contributed by atoms with Gasteiger partial charge in [0, 0.05) is 6.42 Å². The topological polar surface area (TPSA) is 26.3 Å². The van der Waals surface area contributed by atoms with Crippen molar-refractivity contribution in [2.75, 3.05) is 6.61 Å². The van der Waals surface area contributed by atoms with E-state index in [0.29, 0.717) is 13.0 Å². The first-order valence-electron chi connectivity index (χ1n) is 17.3. The maximum absolute atomic E-state index is 11.9. The average Bonchev–Trinajstić information content (AvgIpc) is 2.92. The van der Waals surface area contributed by atoms with Gasteiger partial charge in [0.2, 0.25) is 0 Å². The molecule has 226 valence electrons. The van der Waals surface area contributed by atoms with E-state index in [1.165, 1.54) is 154 Å². The molecule has 3 heteroatoms. The molecule has 0 aliphatic carbocycles. The van der Waals surface area contributed by atoms with E-state index in [0.717, 1.165) is 19.3 Å². The Morgan fingerprint density at radius 3 is 1.13 bits per heavy atom. The van der Waals surface area contributed by atoms with Crippen molar-refractivity contribution in [3.8, 4) is 0 Å². The summed E-state index contributed by atoms with van der Waals surface area (Å²) >= 11 is 0. The summed E-state index contributed by atoms with van der Waals surface area (Å²) in [6, 6.07) is 0. The van der Waals surface area contributed by atoms with E-state index in [-0.39, 0.29) is 35.5 Å². The SMILES string of the molecule is CCCCCCCC/C=C\CCCCCCCCOC(=O)CCCCCCC/C=C\CCCCCCCC.[NaH]. The molecule has 0 heterocycles. The predicted molar refractivity (Wildman–Crippen MR) is 177 cm³/mol. The molecule has 0 aromatic rings. The van der Waals surface area contributed by atoms with Gasteiger partial charge in [0.25, 0.3) is 0 Å².